The van der Waals surface area contributed by atoms with E-state index in [9.17, 15) is 4.79 Å². The third-order valence-corrected chi connectivity index (χ3v) is 5.39. The summed E-state index contributed by atoms with van der Waals surface area (Å²) in [5.41, 5.74) is 12.3. The molecule has 0 fully saturated rings. The van der Waals surface area contributed by atoms with Gasteiger partial charge in [-0.3, -0.25) is 4.68 Å². The number of rotatable bonds is 6. The normalized spacial score (nSPS) is 11.0. The van der Waals surface area contributed by atoms with Gasteiger partial charge in [-0.2, -0.15) is 5.10 Å². The van der Waals surface area contributed by atoms with Crippen molar-refractivity contribution in [2.24, 2.45) is 5.73 Å². The summed E-state index contributed by atoms with van der Waals surface area (Å²) >= 11 is 0. The van der Waals surface area contributed by atoms with E-state index >= 15 is 0 Å². The summed E-state index contributed by atoms with van der Waals surface area (Å²) in [6.07, 6.45) is 7.76. The summed E-state index contributed by atoms with van der Waals surface area (Å²) in [6, 6.07) is 19.8. The summed E-state index contributed by atoms with van der Waals surface area (Å²) in [5.74, 6) is 0. The first kappa shape index (κ1) is 19.6. The van der Waals surface area contributed by atoms with Crippen molar-refractivity contribution in [1.82, 2.24) is 25.1 Å². The van der Waals surface area contributed by atoms with Gasteiger partial charge in [0, 0.05) is 47.2 Å². The van der Waals surface area contributed by atoms with Crippen LogP contribution in [0.1, 0.15) is 11.1 Å². The highest BCUT2D eigenvalue weighted by Gasteiger charge is 2.11. The van der Waals surface area contributed by atoms with Crippen molar-refractivity contribution < 1.29 is 4.79 Å². The lowest BCUT2D eigenvalue weighted by Gasteiger charge is -2.07. The van der Waals surface area contributed by atoms with Gasteiger partial charge in [-0.15, -0.1) is 0 Å². The first-order chi connectivity index (χ1) is 15.7. The fourth-order valence-corrected chi connectivity index (χ4v) is 3.81. The molecule has 0 aliphatic heterocycles. The Morgan fingerprint density at radius 3 is 2.66 bits per heavy atom. The van der Waals surface area contributed by atoms with E-state index in [1.54, 1.807) is 0 Å². The largest absolute Gasteiger partial charge is 0.352 e. The van der Waals surface area contributed by atoms with Crippen LogP contribution in [0.5, 0.6) is 0 Å². The van der Waals surface area contributed by atoms with Crippen LogP contribution in [0.25, 0.3) is 33.3 Å². The monoisotopic (exact) mass is 422 g/mol. The first-order valence-corrected chi connectivity index (χ1v) is 10.3. The fourth-order valence-electron chi connectivity index (χ4n) is 3.81. The second kappa shape index (κ2) is 8.39. The maximum absolute atomic E-state index is 11.0. The third kappa shape index (κ3) is 4.09. The molecule has 0 unspecified atom stereocenters. The Labute approximate surface area is 184 Å². The van der Waals surface area contributed by atoms with Gasteiger partial charge in [-0.1, -0.05) is 48.5 Å². The quantitative estimate of drug-likeness (QED) is 0.380. The van der Waals surface area contributed by atoms with E-state index in [-0.39, 0.29) is 0 Å². The highest BCUT2D eigenvalue weighted by atomic mass is 16.2. The molecule has 5 aromatic rings. The van der Waals surface area contributed by atoms with E-state index in [1.165, 1.54) is 5.56 Å². The molecule has 2 amide bonds. The number of benzene rings is 2. The number of carbonyl (C=O) groups excluding carboxylic acids is 1. The Balaban J connectivity index is 1.45. The summed E-state index contributed by atoms with van der Waals surface area (Å²) in [6.45, 7) is 1.10. The number of pyridine rings is 1. The molecule has 0 saturated carbocycles. The fraction of sp³-hybridized carbons (Fsp3) is 0.0800. The van der Waals surface area contributed by atoms with Crippen molar-refractivity contribution in [3.05, 3.63) is 96.6 Å². The first-order valence-electron chi connectivity index (χ1n) is 10.3. The van der Waals surface area contributed by atoms with Crippen LogP contribution in [0, 0.1) is 0 Å². The zero-order chi connectivity index (χ0) is 21.9. The van der Waals surface area contributed by atoms with Crippen LogP contribution in [-0.4, -0.2) is 25.8 Å². The number of hydrogen-bond acceptors (Lipinski definition) is 3. The molecule has 0 aliphatic rings. The predicted molar refractivity (Wildman–Crippen MR) is 125 cm³/mol. The van der Waals surface area contributed by atoms with Crippen molar-refractivity contribution >= 4 is 17.1 Å². The molecule has 0 spiro atoms. The number of nitrogens with one attached hydrogen (secondary N) is 2. The van der Waals surface area contributed by atoms with Crippen LogP contribution in [0.3, 0.4) is 0 Å². The third-order valence-electron chi connectivity index (χ3n) is 5.39. The lowest BCUT2D eigenvalue weighted by molar-refractivity contribution is 0.248. The summed E-state index contributed by atoms with van der Waals surface area (Å²) < 4.78 is 1.94. The molecule has 3 aromatic heterocycles. The van der Waals surface area contributed by atoms with E-state index < -0.39 is 6.03 Å². The topological polar surface area (TPSA) is 102 Å². The van der Waals surface area contributed by atoms with Gasteiger partial charge in [0.25, 0.3) is 0 Å². The van der Waals surface area contributed by atoms with Gasteiger partial charge in [0.1, 0.15) is 5.65 Å². The van der Waals surface area contributed by atoms with Crippen molar-refractivity contribution in [3.63, 3.8) is 0 Å². The average Bonchev–Trinajstić information content (AvgIpc) is 3.45. The van der Waals surface area contributed by atoms with Crippen molar-refractivity contribution in [2.45, 2.75) is 13.1 Å². The summed E-state index contributed by atoms with van der Waals surface area (Å²) in [7, 11) is 0. The zero-order valence-corrected chi connectivity index (χ0v) is 17.3. The number of primary amides is 1. The van der Waals surface area contributed by atoms with Gasteiger partial charge in [0.15, 0.2) is 0 Å². The number of carbonyl (C=O) groups is 1. The number of nitrogens with two attached hydrogens (primary N) is 1. The van der Waals surface area contributed by atoms with Gasteiger partial charge in [0.2, 0.25) is 0 Å². The number of nitrogens with zero attached hydrogens (tertiary/aromatic N) is 3. The molecule has 158 valence electrons. The SMILES string of the molecule is NC(=O)NCc1cccc(-c2cnc3[nH]cc(-c4cnn(Cc5ccccc5)c4)c3c2)c1. The zero-order valence-electron chi connectivity index (χ0n) is 17.3. The van der Waals surface area contributed by atoms with Crippen LogP contribution in [0.2, 0.25) is 0 Å². The molecule has 0 atom stereocenters. The molecule has 0 saturated heterocycles. The molecular weight excluding hydrogens is 400 g/mol. The van der Waals surface area contributed by atoms with E-state index in [4.69, 9.17) is 5.73 Å². The second-order valence-corrected chi connectivity index (χ2v) is 7.65. The maximum Gasteiger partial charge on any atom is 0.312 e. The van der Waals surface area contributed by atoms with Gasteiger partial charge in [-0.05, 0) is 28.8 Å². The minimum absolute atomic E-state index is 0.384. The Morgan fingerprint density at radius 1 is 0.969 bits per heavy atom. The number of amides is 2. The molecule has 2 aromatic carbocycles. The Morgan fingerprint density at radius 2 is 1.81 bits per heavy atom. The lowest BCUT2D eigenvalue weighted by atomic mass is 10.0. The molecule has 0 radical (unpaired) electrons. The Bertz CT molecular complexity index is 1390. The predicted octanol–water partition coefficient (Wildman–Crippen LogP) is 4.31. The molecule has 0 aliphatic carbocycles. The number of aromatic nitrogens is 4. The Kier molecular flexibility index (Phi) is 5.13. The number of hydrogen-bond donors (Lipinski definition) is 3. The van der Waals surface area contributed by atoms with Crippen LogP contribution < -0.4 is 11.1 Å². The minimum atomic E-state index is -0.539. The summed E-state index contributed by atoms with van der Waals surface area (Å²) in [5, 5.41) is 8.19. The highest BCUT2D eigenvalue weighted by Crippen LogP contribution is 2.31. The molecule has 7 heteroatoms. The standard InChI is InChI=1S/C25H22N6O/c26-25(32)29-11-18-7-4-8-19(9-18)20-10-22-23(14-28-24(22)27-12-20)21-13-30-31(16-21)15-17-5-2-1-3-6-17/h1-10,12-14,16H,11,15H2,(H,27,28)(H3,26,29,32). The van der Waals surface area contributed by atoms with E-state index in [1.807, 2.05) is 65.7 Å². The molecule has 0 bridgehead atoms. The maximum atomic E-state index is 11.0. The Hall–Kier alpha value is -4.39. The van der Waals surface area contributed by atoms with Crippen LogP contribution >= 0.6 is 0 Å². The minimum Gasteiger partial charge on any atom is -0.352 e. The van der Waals surface area contributed by atoms with E-state index in [2.05, 4.69) is 44.8 Å². The smallest absolute Gasteiger partial charge is 0.312 e. The van der Waals surface area contributed by atoms with Gasteiger partial charge < -0.3 is 16.0 Å². The summed E-state index contributed by atoms with van der Waals surface area (Å²) in [4.78, 5) is 18.9. The van der Waals surface area contributed by atoms with Crippen LogP contribution in [-0.2, 0) is 13.1 Å². The van der Waals surface area contributed by atoms with E-state index in [0.717, 1.165) is 45.4 Å². The lowest BCUT2D eigenvalue weighted by Crippen LogP contribution is -2.28. The van der Waals surface area contributed by atoms with Crippen molar-refractivity contribution in [3.8, 4) is 22.3 Å². The molecule has 7 nitrogen and oxygen atoms in total. The second-order valence-electron chi connectivity index (χ2n) is 7.65. The number of urea groups is 1. The van der Waals surface area contributed by atoms with Gasteiger partial charge in [-0.25, -0.2) is 9.78 Å². The highest BCUT2D eigenvalue weighted by molar-refractivity contribution is 5.95. The van der Waals surface area contributed by atoms with E-state index in [0.29, 0.717) is 6.54 Å². The molecule has 5 rings (SSSR count). The average molecular weight is 422 g/mol. The number of H-pyrrole nitrogens is 1. The van der Waals surface area contributed by atoms with Crippen LogP contribution in [0.4, 0.5) is 4.79 Å². The molecule has 4 N–H and O–H groups in total. The van der Waals surface area contributed by atoms with Crippen molar-refractivity contribution in [1.29, 1.82) is 0 Å². The molecule has 32 heavy (non-hydrogen) atoms. The molecule has 3 heterocycles. The van der Waals surface area contributed by atoms with Gasteiger partial charge >= 0.3 is 6.03 Å². The van der Waals surface area contributed by atoms with Crippen molar-refractivity contribution in [2.75, 3.05) is 0 Å². The number of fused-ring (bicyclic) bond motifs is 1. The van der Waals surface area contributed by atoms with Gasteiger partial charge in [0.05, 0.1) is 12.7 Å². The molecular formula is C25H22N6O. The number of aromatic amines is 1. The van der Waals surface area contributed by atoms with Crippen LogP contribution in [0.15, 0.2) is 85.5 Å².